The molecule has 1 aromatic heterocycles. The highest BCUT2D eigenvalue weighted by Crippen LogP contribution is 2.67. The van der Waals surface area contributed by atoms with Crippen molar-refractivity contribution in [3.8, 4) is 5.69 Å². The molecule has 6 rings (SSSR count). The Morgan fingerprint density at radius 3 is 2.49 bits per heavy atom. The Kier molecular flexibility index (Phi) is 6.48. The largest absolute Gasteiger partial charge is 0.237 e. The SMILES string of the molecule is CC(C)CCC[C@@H](C)[C@H]1CC[C@H]2C3=CC[C@H]4[C@H](C)c5c(cnn5-c5ccccc5)C[C@]4(C)[C@H]3CC[C@]12C. The van der Waals surface area contributed by atoms with Crippen LogP contribution in [0.25, 0.3) is 5.69 Å². The van der Waals surface area contributed by atoms with E-state index in [-0.39, 0.29) is 0 Å². The normalized spacial score (nSPS) is 37.4. The van der Waals surface area contributed by atoms with Crippen molar-refractivity contribution in [2.45, 2.75) is 105 Å². The maximum Gasteiger partial charge on any atom is 0.0649 e. The zero-order valence-electron chi connectivity index (χ0n) is 24.3. The molecule has 2 nitrogen and oxygen atoms in total. The van der Waals surface area contributed by atoms with Crippen LogP contribution in [0.4, 0.5) is 0 Å². The van der Waals surface area contributed by atoms with Crippen molar-refractivity contribution in [3.05, 3.63) is 59.4 Å². The summed E-state index contributed by atoms with van der Waals surface area (Å²) in [4.78, 5) is 0. The molecular formula is C35H50N2. The van der Waals surface area contributed by atoms with Gasteiger partial charge in [0.1, 0.15) is 0 Å². The van der Waals surface area contributed by atoms with Crippen LogP contribution in [0.15, 0.2) is 48.2 Å². The fraction of sp³-hybridized carbons (Fsp3) is 0.686. The molecule has 37 heavy (non-hydrogen) atoms. The molecule has 2 heteroatoms. The van der Waals surface area contributed by atoms with Crippen LogP contribution >= 0.6 is 0 Å². The maximum absolute atomic E-state index is 4.94. The number of aromatic nitrogens is 2. The molecule has 1 heterocycles. The molecule has 2 aromatic rings. The third-order valence-electron chi connectivity index (χ3n) is 12.1. The number of rotatable bonds is 6. The first-order valence-corrected chi connectivity index (χ1v) is 15.6. The van der Waals surface area contributed by atoms with Gasteiger partial charge in [-0.15, -0.1) is 0 Å². The molecule has 0 spiro atoms. The average molecular weight is 499 g/mol. The van der Waals surface area contributed by atoms with Gasteiger partial charge in [0.2, 0.25) is 0 Å². The molecule has 8 atom stereocenters. The number of allylic oxidation sites excluding steroid dienone is 2. The van der Waals surface area contributed by atoms with E-state index in [9.17, 15) is 0 Å². The van der Waals surface area contributed by atoms with Crippen LogP contribution in [0, 0.1) is 46.3 Å². The van der Waals surface area contributed by atoms with E-state index in [4.69, 9.17) is 5.10 Å². The van der Waals surface area contributed by atoms with Gasteiger partial charge in [-0.1, -0.05) is 90.7 Å². The van der Waals surface area contributed by atoms with Crippen LogP contribution in [-0.4, -0.2) is 9.78 Å². The number of nitrogens with zero attached hydrogens (tertiary/aromatic N) is 2. The first-order chi connectivity index (χ1) is 17.7. The Labute approximate surface area is 226 Å². The predicted molar refractivity (Wildman–Crippen MR) is 155 cm³/mol. The van der Waals surface area contributed by atoms with E-state index in [1.54, 1.807) is 0 Å². The Morgan fingerprint density at radius 2 is 1.73 bits per heavy atom. The average Bonchev–Trinajstić information content (AvgIpc) is 3.45. The number of para-hydroxylation sites is 1. The number of benzene rings is 1. The van der Waals surface area contributed by atoms with Crippen molar-refractivity contribution in [1.29, 1.82) is 0 Å². The molecular weight excluding hydrogens is 448 g/mol. The summed E-state index contributed by atoms with van der Waals surface area (Å²) < 4.78 is 2.25. The number of hydrogen-bond acceptors (Lipinski definition) is 1. The molecule has 2 saturated carbocycles. The lowest BCUT2D eigenvalue weighted by Gasteiger charge is -2.58. The Balaban J connectivity index is 1.26. The molecule has 1 aromatic carbocycles. The lowest BCUT2D eigenvalue weighted by Crippen LogP contribution is -2.51. The second-order valence-corrected chi connectivity index (χ2v) is 14.5. The van der Waals surface area contributed by atoms with Crippen molar-refractivity contribution in [3.63, 3.8) is 0 Å². The lowest BCUT2D eigenvalue weighted by molar-refractivity contribution is 0.000687. The molecule has 4 aliphatic rings. The summed E-state index contributed by atoms with van der Waals surface area (Å²) in [6.45, 7) is 15.2. The van der Waals surface area contributed by atoms with E-state index in [0.717, 1.165) is 29.6 Å². The molecule has 2 fully saturated rings. The van der Waals surface area contributed by atoms with Crippen LogP contribution in [0.1, 0.15) is 110 Å². The highest BCUT2D eigenvalue weighted by Gasteiger charge is 2.59. The second-order valence-electron chi connectivity index (χ2n) is 14.5. The molecule has 0 radical (unpaired) electrons. The highest BCUT2D eigenvalue weighted by atomic mass is 15.3. The summed E-state index contributed by atoms with van der Waals surface area (Å²) >= 11 is 0. The summed E-state index contributed by atoms with van der Waals surface area (Å²) in [5.41, 5.74) is 6.96. The van der Waals surface area contributed by atoms with Gasteiger partial charge < -0.3 is 0 Å². The van der Waals surface area contributed by atoms with Gasteiger partial charge in [-0.05, 0) is 103 Å². The van der Waals surface area contributed by atoms with Gasteiger partial charge in [-0.3, -0.25) is 0 Å². The fourth-order valence-corrected chi connectivity index (χ4v) is 10.2. The Bertz CT molecular complexity index is 1140. The minimum atomic E-state index is 0.364. The zero-order valence-corrected chi connectivity index (χ0v) is 24.3. The standard InChI is InChI=1S/C35H50N2/c1-23(2)11-10-12-24(3)29-17-18-31-28-15-16-30-25(4)33-26(22-36-37(33)27-13-8-7-9-14-27)21-35(30,6)32(28)19-20-34(29,31)5/h7-9,13-15,22-25,29-32H,10-12,16-21H2,1-6H3/t24-,25+,29-,30+,31+,32+,34-,35+/m1/s1. The molecule has 0 N–H and O–H groups in total. The molecule has 0 aliphatic heterocycles. The fourth-order valence-electron chi connectivity index (χ4n) is 10.2. The molecule has 4 aliphatic carbocycles. The second kappa shape index (κ2) is 9.42. The minimum absolute atomic E-state index is 0.364. The van der Waals surface area contributed by atoms with E-state index in [2.05, 4.69) is 88.8 Å². The number of hydrogen-bond donors (Lipinski definition) is 0. The van der Waals surface area contributed by atoms with Gasteiger partial charge in [0.25, 0.3) is 0 Å². The van der Waals surface area contributed by atoms with Crippen LogP contribution in [0.2, 0.25) is 0 Å². The van der Waals surface area contributed by atoms with E-state index in [1.165, 1.54) is 74.7 Å². The van der Waals surface area contributed by atoms with E-state index < -0.39 is 0 Å². The van der Waals surface area contributed by atoms with Gasteiger partial charge in [-0.2, -0.15) is 5.10 Å². The van der Waals surface area contributed by atoms with Gasteiger partial charge in [0.05, 0.1) is 17.6 Å². The smallest absolute Gasteiger partial charge is 0.0649 e. The monoisotopic (exact) mass is 498 g/mol. The predicted octanol–water partition coefficient (Wildman–Crippen LogP) is 9.39. The summed E-state index contributed by atoms with van der Waals surface area (Å²) in [6.07, 6.45) is 17.4. The van der Waals surface area contributed by atoms with Gasteiger partial charge >= 0.3 is 0 Å². The van der Waals surface area contributed by atoms with Gasteiger partial charge in [0.15, 0.2) is 0 Å². The Hall–Kier alpha value is -1.83. The summed E-state index contributed by atoms with van der Waals surface area (Å²) in [6, 6.07) is 10.8. The lowest BCUT2D eigenvalue weighted by atomic mass is 9.46. The maximum atomic E-state index is 4.94. The summed E-state index contributed by atoms with van der Waals surface area (Å²) in [5, 5.41) is 4.94. The topological polar surface area (TPSA) is 17.8 Å². The van der Waals surface area contributed by atoms with Crippen LogP contribution in [0.5, 0.6) is 0 Å². The first kappa shape index (κ1) is 25.4. The Morgan fingerprint density at radius 1 is 0.973 bits per heavy atom. The first-order valence-electron chi connectivity index (χ1n) is 15.6. The third kappa shape index (κ3) is 3.99. The van der Waals surface area contributed by atoms with Crippen molar-refractivity contribution in [2.24, 2.45) is 46.3 Å². The highest BCUT2D eigenvalue weighted by molar-refractivity contribution is 5.41. The van der Waals surface area contributed by atoms with Crippen LogP contribution < -0.4 is 0 Å². The molecule has 0 bridgehead atoms. The van der Waals surface area contributed by atoms with E-state index >= 15 is 0 Å². The van der Waals surface area contributed by atoms with Gasteiger partial charge in [-0.25, -0.2) is 4.68 Å². The van der Waals surface area contributed by atoms with E-state index in [1.807, 2.05) is 5.57 Å². The van der Waals surface area contributed by atoms with Crippen molar-refractivity contribution in [2.75, 3.05) is 0 Å². The van der Waals surface area contributed by atoms with Crippen LogP contribution in [-0.2, 0) is 6.42 Å². The van der Waals surface area contributed by atoms with Crippen molar-refractivity contribution < 1.29 is 0 Å². The third-order valence-corrected chi connectivity index (χ3v) is 12.1. The number of fused-ring (bicyclic) bond motifs is 6. The quantitative estimate of drug-likeness (QED) is 0.363. The van der Waals surface area contributed by atoms with Gasteiger partial charge in [0, 0.05) is 5.92 Å². The summed E-state index contributed by atoms with van der Waals surface area (Å²) in [5.74, 6) is 5.47. The zero-order chi connectivity index (χ0) is 25.9. The molecule has 0 unspecified atom stereocenters. The molecule has 0 saturated heterocycles. The molecule has 0 amide bonds. The minimum Gasteiger partial charge on any atom is -0.237 e. The van der Waals surface area contributed by atoms with Crippen molar-refractivity contribution >= 4 is 0 Å². The summed E-state index contributed by atoms with van der Waals surface area (Å²) in [7, 11) is 0. The van der Waals surface area contributed by atoms with E-state index in [0.29, 0.717) is 22.7 Å². The van der Waals surface area contributed by atoms with Crippen LogP contribution in [0.3, 0.4) is 0 Å². The molecule has 200 valence electrons. The van der Waals surface area contributed by atoms with Crippen molar-refractivity contribution in [1.82, 2.24) is 9.78 Å².